The monoisotopic (exact) mass is 290 g/mol. The summed E-state index contributed by atoms with van der Waals surface area (Å²) in [5.41, 5.74) is 1.09. The molecule has 1 aromatic rings. The quantitative estimate of drug-likeness (QED) is 0.710. The maximum atomic E-state index is 9.68. The van der Waals surface area contributed by atoms with Crippen LogP contribution in [0.1, 0.15) is 5.56 Å². The normalized spacial score (nSPS) is 12.6. The molecule has 1 unspecified atom stereocenters. The van der Waals surface area contributed by atoms with Crippen molar-refractivity contribution in [3.63, 3.8) is 0 Å². The lowest BCUT2D eigenvalue weighted by atomic mass is 10.2. The zero-order valence-corrected chi connectivity index (χ0v) is 12.0. The Morgan fingerprint density at radius 3 is 2.83 bits per heavy atom. The lowest BCUT2D eigenvalue weighted by Gasteiger charge is -2.11. The van der Waals surface area contributed by atoms with Gasteiger partial charge >= 0.3 is 0 Å². The highest BCUT2D eigenvalue weighted by Gasteiger charge is 2.05. The minimum absolute atomic E-state index is 0.346. The molecule has 0 aliphatic heterocycles. The first-order valence-electron chi connectivity index (χ1n) is 5.80. The van der Waals surface area contributed by atoms with Gasteiger partial charge < -0.3 is 14.6 Å². The Bertz CT molecular complexity index is 336. The highest BCUT2D eigenvalue weighted by molar-refractivity contribution is 7.98. The van der Waals surface area contributed by atoms with Crippen LogP contribution in [0.4, 0.5) is 0 Å². The van der Waals surface area contributed by atoms with Crippen LogP contribution < -0.4 is 0 Å². The first-order chi connectivity index (χ1) is 8.74. The van der Waals surface area contributed by atoms with Gasteiger partial charge in [-0.2, -0.15) is 11.8 Å². The summed E-state index contributed by atoms with van der Waals surface area (Å²) in [6, 6.07) is 7.75. The van der Waals surface area contributed by atoms with E-state index in [2.05, 4.69) is 0 Å². The molecule has 0 spiro atoms. The van der Waals surface area contributed by atoms with Crippen molar-refractivity contribution < 1.29 is 14.6 Å². The van der Waals surface area contributed by atoms with E-state index in [0.717, 1.165) is 16.3 Å². The van der Waals surface area contributed by atoms with E-state index in [4.69, 9.17) is 21.1 Å². The van der Waals surface area contributed by atoms with Gasteiger partial charge in [0.2, 0.25) is 0 Å². The standard InChI is InChI=1S/C13H19ClO3S/c1-16-6-7-17-8-12(15)10-18-9-11-4-2-3-5-13(11)14/h2-5,12,15H,6-10H2,1H3. The Balaban J connectivity index is 2.12. The molecule has 1 N–H and O–H groups in total. The van der Waals surface area contributed by atoms with E-state index in [0.29, 0.717) is 25.6 Å². The zero-order valence-electron chi connectivity index (χ0n) is 10.5. The molecule has 102 valence electrons. The summed E-state index contributed by atoms with van der Waals surface area (Å²) in [4.78, 5) is 0. The van der Waals surface area contributed by atoms with E-state index in [9.17, 15) is 5.11 Å². The fraction of sp³-hybridized carbons (Fsp3) is 0.538. The second kappa shape index (κ2) is 9.64. The highest BCUT2D eigenvalue weighted by Crippen LogP contribution is 2.21. The second-order valence-electron chi connectivity index (χ2n) is 3.83. The first kappa shape index (κ1) is 15.8. The number of methoxy groups -OCH3 is 1. The molecule has 1 rings (SSSR count). The topological polar surface area (TPSA) is 38.7 Å². The summed E-state index contributed by atoms with van der Waals surface area (Å²) in [5, 5.41) is 10.5. The predicted molar refractivity (Wildman–Crippen MR) is 76.3 cm³/mol. The molecule has 0 aliphatic carbocycles. The number of hydrogen-bond donors (Lipinski definition) is 1. The van der Waals surface area contributed by atoms with Crippen LogP contribution in [-0.2, 0) is 15.2 Å². The van der Waals surface area contributed by atoms with Crippen molar-refractivity contribution in [3.8, 4) is 0 Å². The van der Waals surface area contributed by atoms with Gasteiger partial charge in [-0.3, -0.25) is 0 Å². The van der Waals surface area contributed by atoms with Gasteiger partial charge in [-0.25, -0.2) is 0 Å². The minimum atomic E-state index is -0.450. The van der Waals surface area contributed by atoms with Gasteiger partial charge in [0.25, 0.3) is 0 Å². The summed E-state index contributed by atoms with van der Waals surface area (Å²) in [6.45, 7) is 1.42. The fourth-order valence-electron chi connectivity index (χ4n) is 1.33. The number of aliphatic hydroxyl groups is 1. The van der Waals surface area contributed by atoms with Crippen LogP contribution in [0.15, 0.2) is 24.3 Å². The fourth-order valence-corrected chi connectivity index (χ4v) is 2.57. The van der Waals surface area contributed by atoms with Crippen molar-refractivity contribution in [2.75, 3.05) is 32.7 Å². The Morgan fingerprint density at radius 1 is 1.33 bits per heavy atom. The average molecular weight is 291 g/mol. The molecule has 0 radical (unpaired) electrons. The summed E-state index contributed by atoms with van der Waals surface area (Å²) in [6.07, 6.45) is -0.450. The van der Waals surface area contributed by atoms with Crippen LogP contribution >= 0.6 is 23.4 Å². The summed E-state index contributed by atoms with van der Waals surface area (Å²) >= 11 is 7.69. The molecule has 0 amide bonds. The number of thioether (sulfide) groups is 1. The predicted octanol–water partition coefficient (Wildman–Crippen LogP) is 2.60. The lowest BCUT2D eigenvalue weighted by Crippen LogP contribution is -2.19. The van der Waals surface area contributed by atoms with E-state index in [1.807, 2.05) is 24.3 Å². The van der Waals surface area contributed by atoms with Crippen LogP contribution in [0.25, 0.3) is 0 Å². The molecule has 1 aromatic carbocycles. The largest absolute Gasteiger partial charge is 0.390 e. The average Bonchev–Trinajstić information content (AvgIpc) is 2.37. The van der Waals surface area contributed by atoms with Gasteiger partial charge in [0, 0.05) is 23.6 Å². The zero-order chi connectivity index (χ0) is 13.2. The van der Waals surface area contributed by atoms with Gasteiger partial charge in [0.15, 0.2) is 0 Å². The third-order valence-electron chi connectivity index (χ3n) is 2.27. The van der Waals surface area contributed by atoms with Crippen molar-refractivity contribution in [3.05, 3.63) is 34.9 Å². The van der Waals surface area contributed by atoms with E-state index in [1.165, 1.54) is 0 Å². The number of halogens is 1. The molecule has 3 nitrogen and oxygen atoms in total. The third-order valence-corrected chi connectivity index (χ3v) is 3.77. The van der Waals surface area contributed by atoms with E-state index in [1.54, 1.807) is 18.9 Å². The van der Waals surface area contributed by atoms with Crippen molar-refractivity contribution in [1.29, 1.82) is 0 Å². The third kappa shape index (κ3) is 6.61. The molecule has 0 saturated heterocycles. The van der Waals surface area contributed by atoms with Crippen LogP contribution in [0.3, 0.4) is 0 Å². The van der Waals surface area contributed by atoms with Gasteiger partial charge in [0.1, 0.15) is 0 Å². The summed E-state index contributed by atoms with van der Waals surface area (Å²) < 4.78 is 10.1. The van der Waals surface area contributed by atoms with E-state index >= 15 is 0 Å². The van der Waals surface area contributed by atoms with Crippen molar-refractivity contribution in [1.82, 2.24) is 0 Å². The number of rotatable bonds is 9. The smallest absolute Gasteiger partial charge is 0.0863 e. The molecule has 18 heavy (non-hydrogen) atoms. The van der Waals surface area contributed by atoms with Crippen LogP contribution in [0, 0.1) is 0 Å². The molecule has 0 heterocycles. The number of benzene rings is 1. The molecule has 0 aromatic heterocycles. The minimum Gasteiger partial charge on any atom is -0.390 e. The Morgan fingerprint density at radius 2 is 2.11 bits per heavy atom. The van der Waals surface area contributed by atoms with Crippen LogP contribution in [0.5, 0.6) is 0 Å². The second-order valence-corrected chi connectivity index (χ2v) is 5.27. The Labute approximate surface area is 117 Å². The number of ether oxygens (including phenoxy) is 2. The van der Waals surface area contributed by atoms with E-state index < -0.39 is 6.10 Å². The Hall–Kier alpha value is -0.260. The summed E-state index contributed by atoms with van der Waals surface area (Å²) in [5.74, 6) is 1.44. The van der Waals surface area contributed by atoms with Crippen LogP contribution in [-0.4, -0.2) is 43.9 Å². The molecule has 1 atom stereocenters. The van der Waals surface area contributed by atoms with Crippen molar-refractivity contribution >= 4 is 23.4 Å². The molecule has 0 saturated carbocycles. The Kier molecular flexibility index (Phi) is 8.46. The molecular formula is C13H19ClO3S. The van der Waals surface area contributed by atoms with Crippen molar-refractivity contribution in [2.24, 2.45) is 0 Å². The van der Waals surface area contributed by atoms with Gasteiger partial charge in [-0.15, -0.1) is 0 Å². The van der Waals surface area contributed by atoms with Crippen molar-refractivity contribution in [2.45, 2.75) is 11.9 Å². The first-order valence-corrected chi connectivity index (χ1v) is 7.33. The SMILES string of the molecule is COCCOCC(O)CSCc1ccccc1Cl. The lowest BCUT2D eigenvalue weighted by molar-refractivity contribution is 0.0218. The molecule has 0 aliphatic rings. The molecule has 0 bridgehead atoms. The maximum absolute atomic E-state index is 9.68. The molecule has 5 heteroatoms. The molecule has 0 fully saturated rings. The maximum Gasteiger partial charge on any atom is 0.0863 e. The van der Waals surface area contributed by atoms with Gasteiger partial charge in [0.05, 0.1) is 25.9 Å². The number of aliphatic hydroxyl groups excluding tert-OH is 1. The van der Waals surface area contributed by atoms with E-state index in [-0.39, 0.29) is 0 Å². The molecular weight excluding hydrogens is 272 g/mol. The van der Waals surface area contributed by atoms with Crippen LogP contribution in [0.2, 0.25) is 5.02 Å². The van der Waals surface area contributed by atoms with Gasteiger partial charge in [-0.05, 0) is 11.6 Å². The summed E-state index contributed by atoms with van der Waals surface area (Å²) in [7, 11) is 1.62. The van der Waals surface area contributed by atoms with Gasteiger partial charge in [-0.1, -0.05) is 29.8 Å². The highest BCUT2D eigenvalue weighted by atomic mass is 35.5. The number of hydrogen-bond acceptors (Lipinski definition) is 4.